The number of halogens is 2. The van der Waals surface area contributed by atoms with Crippen molar-refractivity contribution in [3.8, 4) is 11.1 Å². The normalized spacial score (nSPS) is 10.8. The van der Waals surface area contributed by atoms with Crippen LogP contribution < -0.4 is 5.32 Å². The number of aryl methyl sites for hydroxylation is 1. The number of hydrogen-bond donors (Lipinski definition) is 1. The minimum atomic E-state index is -0.218. The second kappa shape index (κ2) is 6.87. The maximum Gasteiger partial charge on any atom is 0.131 e. The molecule has 0 fully saturated rings. The van der Waals surface area contributed by atoms with E-state index in [1.165, 1.54) is 6.07 Å². The highest BCUT2D eigenvalue weighted by Gasteiger charge is 2.08. The van der Waals surface area contributed by atoms with E-state index >= 15 is 0 Å². The van der Waals surface area contributed by atoms with Crippen LogP contribution in [0, 0.1) is 12.7 Å². The first-order valence-electron chi connectivity index (χ1n) is 6.87. The van der Waals surface area contributed by atoms with Gasteiger partial charge >= 0.3 is 0 Å². The molecule has 0 aliphatic carbocycles. The van der Waals surface area contributed by atoms with Crippen molar-refractivity contribution in [1.29, 1.82) is 0 Å². The number of hydrogen-bond acceptors (Lipinski definition) is 1. The van der Waals surface area contributed by atoms with Crippen LogP contribution in [0.25, 0.3) is 11.1 Å². The Kier molecular flexibility index (Phi) is 5.16. The van der Waals surface area contributed by atoms with Gasteiger partial charge in [-0.05, 0) is 54.8 Å². The molecule has 1 N–H and O–H groups in total. The molecule has 0 aromatic heterocycles. The topological polar surface area (TPSA) is 12.0 Å². The quantitative estimate of drug-likeness (QED) is 0.768. The summed E-state index contributed by atoms with van der Waals surface area (Å²) >= 11 is 6.12. The van der Waals surface area contributed by atoms with E-state index < -0.39 is 0 Å². The van der Waals surface area contributed by atoms with Gasteiger partial charge in [0.25, 0.3) is 0 Å². The SMILES string of the molecule is CCCNCc1ccc(F)c(-c2ccc(C)c(Cl)c2)c1. The molecule has 0 unspecified atom stereocenters. The molecule has 2 aromatic rings. The highest BCUT2D eigenvalue weighted by Crippen LogP contribution is 2.28. The maximum atomic E-state index is 14.0. The summed E-state index contributed by atoms with van der Waals surface area (Å²) in [5.41, 5.74) is 3.49. The second-order valence-electron chi connectivity index (χ2n) is 4.95. The van der Waals surface area contributed by atoms with Gasteiger partial charge < -0.3 is 5.32 Å². The zero-order chi connectivity index (χ0) is 14.5. The number of rotatable bonds is 5. The first-order chi connectivity index (χ1) is 9.61. The van der Waals surface area contributed by atoms with Crippen LogP contribution in [-0.2, 0) is 6.54 Å². The van der Waals surface area contributed by atoms with Gasteiger partial charge in [-0.2, -0.15) is 0 Å². The van der Waals surface area contributed by atoms with Gasteiger partial charge in [0, 0.05) is 17.1 Å². The van der Waals surface area contributed by atoms with Crippen LogP contribution in [0.2, 0.25) is 5.02 Å². The Morgan fingerprint density at radius 3 is 2.65 bits per heavy atom. The lowest BCUT2D eigenvalue weighted by molar-refractivity contribution is 0.628. The van der Waals surface area contributed by atoms with Gasteiger partial charge in [-0.1, -0.05) is 36.7 Å². The Bertz CT molecular complexity index is 596. The van der Waals surface area contributed by atoms with Crippen molar-refractivity contribution in [3.63, 3.8) is 0 Å². The summed E-state index contributed by atoms with van der Waals surface area (Å²) in [5.74, 6) is -0.218. The van der Waals surface area contributed by atoms with Crippen molar-refractivity contribution in [3.05, 3.63) is 58.4 Å². The summed E-state index contributed by atoms with van der Waals surface area (Å²) < 4.78 is 14.0. The van der Waals surface area contributed by atoms with Crippen molar-refractivity contribution >= 4 is 11.6 Å². The van der Waals surface area contributed by atoms with Gasteiger partial charge in [-0.25, -0.2) is 4.39 Å². The van der Waals surface area contributed by atoms with E-state index in [-0.39, 0.29) is 5.82 Å². The van der Waals surface area contributed by atoms with Gasteiger partial charge in [0.15, 0.2) is 0 Å². The van der Waals surface area contributed by atoms with E-state index in [9.17, 15) is 4.39 Å². The molecular formula is C17H19ClFN. The maximum absolute atomic E-state index is 14.0. The van der Waals surface area contributed by atoms with Crippen molar-refractivity contribution in [2.45, 2.75) is 26.8 Å². The third kappa shape index (κ3) is 3.59. The fraction of sp³-hybridized carbons (Fsp3) is 0.294. The van der Waals surface area contributed by atoms with Crippen LogP contribution in [0.3, 0.4) is 0 Å². The summed E-state index contributed by atoms with van der Waals surface area (Å²) in [4.78, 5) is 0. The fourth-order valence-corrected chi connectivity index (χ4v) is 2.25. The first-order valence-corrected chi connectivity index (χ1v) is 7.25. The molecule has 2 rings (SSSR count). The van der Waals surface area contributed by atoms with Gasteiger partial charge in [-0.15, -0.1) is 0 Å². The molecule has 0 spiro atoms. The van der Waals surface area contributed by atoms with E-state index in [4.69, 9.17) is 11.6 Å². The molecule has 0 radical (unpaired) electrons. The predicted octanol–water partition coefficient (Wildman–Crippen LogP) is 4.95. The van der Waals surface area contributed by atoms with Crippen molar-refractivity contribution in [2.24, 2.45) is 0 Å². The molecule has 0 aliphatic heterocycles. The van der Waals surface area contributed by atoms with Crippen LogP contribution in [0.1, 0.15) is 24.5 Å². The summed E-state index contributed by atoms with van der Waals surface area (Å²) in [7, 11) is 0. The summed E-state index contributed by atoms with van der Waals surface area (Å²) in [6, 6.07) is 10.9. The molecule has 1 nitrogen and oxygen atoms in total. The van der Waals surface area contributed by atoms with E-state index in [1.54, 1.807) is 0 Å². The number of benzene rings is 2. The van der Waals surface area contributed by atoms with Crippen LogP contribution in [0.5, 0.6) is 0 Å². The third-order valence-corrected chi connectivity index (χ3v) is 3.68. The summed E-state index contributed by atoms with van der Waals surface area (Å²) in [5, 5.41) is 3.98. The van der Waals surface area contributed by atoms with Crippen molar-refractivity contribution < 1.29 is 4.39 Å². The van der Waals surface area contributed by atoms with Gasteiger partial charge in [0.05, 0.1) is 0 Å². The predicted molar refractivity (Wildman–Crippen MR) is 83.6 cm³/mol. The van der Waals surface area contributed by atoms with Crippen LogP contribution >= 0.6 is 11.6 Å². The molecule has 0 heterocycles. The lowest BCUT2D eigenvalue weighted by atomic mass is 10.0. The third-order valence-electron chi connectivity index (χ3n) is 3.27. The van der Waals surface area contributed by atoms with Crippen LogP contribution in [0.4, 0.5) is 4.39 Å². The molecule has 0 saturated heterocycles. The average Bonchev–Trinajstić information content (AvgIpc) is 2.44. The molecule has 106 valence electrons. The fourth-order valence-electron chi connectivity index (χ4n) is 2.07. The monoisotopic (exact) mass is 291 g/mol. The average molecular weight is 292 g/mol. The van der Waals surface area contributed by atoms with Gasteiger partial charge in [-0.3, -0.25) is 0 Å². The Balaban J connectivity index is 2.29. The Labute approximate surface area is 124 Å². The molecule has 0 bridgehead atoms. The zero-order valence-corrected chi connectivity index (χ0v) is 12.6. The Morgan fingerprint density at radius 1 is 1.15 bits per heavy atom. The molecule has 0 saturated carbocycles. The smallest absolute Gasteiger partial charge is 0.131 e. The summed E-state index contributed by atoms with van der Waals surface area (Å²) in [6.45, 7) is 5.77. The van der Waals surface area contributed by atoms with Crippen molar-refractivity contribution in [2.75, 3.05) is 6.54 Å². The Morgan fingerprint density at radius 2 is 1.95 bits per heavy atom. The minimum absolute atomic E-state index is 0.218. The lowest BCUT2D eigenvalue weighted by Crippen LogP contribution is -2.13. The molecule has 20 heavy (non-hydrogen) atoms. The highest BCUT2D eigenvalue weighted by atomic mass is 35.5. The van der Waals surface area contributed by atoms with E-state index in [0.717, 1.165) is 36.2 Å². The Hall–Kier alpha value is -1.38. The molecule has 3 heteroatoms. The zero-order valence-electron chi connectivity index (χ0n) is 11.8. The van der Waals surface area contributed by atoms with Crippen LogP contribution in [0.15, 0.2) is 36.4 Å². The van der Waals surface area contributed by atoms with Gasteiger partial charge in [0.2, 0.25) is 0 Å². The first kappa shape index (κ1) is 15.0. The second-order valence-corrected chi connectivity index (χ2v) is 5.36. The van der Waals surface area contributed by atoms with Gasteiger partial charge in [0.1, 0.15) is 5.82 Å². The van der Waals surface area contributed by atoms with E-state index in [0.29, 0.717) is 10.6 Å². The van der Waals surface area contributed by atoms with Crippen LogP contribution in [-0.4, -0.2) is 6.54 Å². The number of nitrogens with one attached hydrogen (secondary N) is 1. The molecule has 0 aliphatic rings. The molecule has 2 aromatic carbocycles. The molecule has 0 atom stereocenters. The highest BCUT2D eigenvalue weighted by molar-refractivity contribution is 6.31. The standard InChI is InChI=1S/C17H19ClFN/c1-3-8-20-11-13-5-7-17(19)15(9-13)14-6-4-12(2)16(18)10-14/h4-7,9-10,20H,3,8,11H2,1-2H3. The molecule has 0 amide bonds. The lowest BCUT2D eigenvalue weighted by Gasteiger charge is -2.09. The van der Waals surface area contributed by atoms with E-state index in [2.05, 4.69) is 12.2 Å². The largest absolute Gasteiger partial charge is 0.313 e. The van der Waals surface area contributed by atoms with E-state index in [1.807, 2.05) is 37.3 Å². The molecular weight excluding hydrogens is 273 g/mol. The minimum Gasteiger partial charge on any atom is -0.313 e. The van der Waals surface area contributed by atoms with Crippen molar-refractivity contribution in [1.82, 2.24) is 5.32 Å². The summed E-state index contributed by atoms with van der Waals surface area (Å²) in [6.07, 6.45) is 1.08.